The smallest absolute Gasteiger partial charge is 0.194 e. The minimum absolute atomic E-state index is 0.280. The summed E-state index contributed by atoms with van der Waals surface area (Å²) in [6.45, 7) is 4.50. The number of methoxy groups -OCH3 is 1. The molecule has 3 heterocycles. The van der Waals surface area contributed by atoms with Gasteiger partial charge in [-0.05, 0) is 49.2 Å². The first kappa shape index (κ1) is 17.8. The number of benzene rings is 1. The Morgan fingerprint density at radius 3 is 2.67 bits per heavy atom. The third-order valence-corrected chi connectivity index (χ3v) is 4.91. The Bertz CT molecular complexity index is 876. The van der Waals surface area contributed by atoms with Gasteiger partial charge in [0.15, 0.2) is 17.4 Å². The molecule has 1 aliphatic rings. The minimum Gasteiger partial charge on any atom is -0.497 e. The number of nitrogens with zero attached hydrogens (tertiary/aromatic N) is 3. The van der Waals surface area contributed by atoms with Crippen LogP contribution in [-0.4, -0.2) is 35.1 Å². The zero-order chi connectivity index (χ0) is 18.6. The molecule has 1 saturated heterocycles. The van der Waals surface area contributed by atoms with E-state index in [1.54, 1.807) is 7.11 Å². The zero-order valence-corrected chi connectivity index (χ0v) is 15.9. The number of unbranched alkanes of at least 4 members (excludes halogenated alkanes) is 1. The van der Waals surface area contributed by atoms with Crippen molar-refractivity contribution in [2.75, 3.05) is 20.3 Å². The van der Waals surface area contributed by atoms with Gasteiger partial charge in [0.25, 0.3) is 0 Å². The van der Waals surface area contributed by atoms with Crippen molar-refractivity contribution in [3.63, 3.8) is 0 Å². The molecule has 0 unspecified atom stereocenters. The molecule has 0 amide bonds. The van der Waals surface area contributed by atoms with Gasteiger partial charge in [0.2, 0.25) is 0 Å². The summed E-state index contributed by atoms with van der Waals surface area (Å²) in [5, 5.41) is 4.76. The molecule has 6 heteroatoms. The van der Waals surface area contributed by atoms with E-state index in [9.17, 15) is 0 Å². The van der Waals surface area contributed by atoms with E-state index in [2.05, 4.69) is 6.92 Å². The second kappa shape index (κ2) is 7.96. The highest BCUT2D eigenvalue weighted by Gasteiger charge is 2.25. The molecular formula is C21H25N3O3. The molecule has 0 aliphatic carbocycles. The number of aromatic nitrogens is 3. The van der Waals surface area contributed by atoms with Crippen LogP contribution < -0.4 is 4.74 Å². The molecule has 1 aromatic carbocycles. The summed E-state index contributed by atoms with van der Waals surface area (Å²) < 4.78 is 18.8. The van der Waals surface area contributed by atoms with Crippen molar-refractivity contribution in [3.05, 3.63) is 42.2 Å². The summed E-state index contributed by atoms with van der Waals surface area (Å²) in [6, 6.07) is 11.8. The highest BCUT2D eigenvalue weighted by atomic mass is 16.5. The molecule has 4 rings (SSSR count). The predicted octanol–water partition coefficient (Wildman–Crippen LogP) is 4.52. The van der Waals surface area contributed by atoms with Gasteiger partial charge in [0.1, 0.15) is 11.5 Å². The maximum Gasteiger partial charge on any atom is 0.194 e. The van der Waals surface area contributed by atoms with Crippen molar-refractivity contribution in [3.8, 4) is 28.7 Å². The number of aryl methyl sites for hydroxylation is 1. The highest BCUT2D eigenvalue weighted by Crippen LogP contribution is 2.31. The average Bonchev–Trinajstić information content (AvgIpc) is 3.46. The third kappa shape index (κ3) is 3.76. The van der Waals surface area contributed by atoms with Crippen LogP contribution in [-0.2, 0) is 11.3 Å². The maximum absolute atomic E-state index is 6.13. The fraction of sp³-hybridized carbons (Fsp3) is 0.429. The Balaban J connectivity index is 1.64. The van der Waals surface area contributed by atoms with Crippen molar-refractivity contribution < 1.29 is 13.9 Å². The topological polar surface area (TPSA) is 62.3 Å². The second-order valence-corrected chi connectivity index (χ2v) is 6.82. The van der Waals surface area contributed by atoms with E-state index in [0.29, 0.717) is 6.61 Å². The SMILES string of the molecule is CCCCn1nc([C@@H]2CCOC2)nc1-c1ccc(-c2ccc(OC)cc2)o1. The van der Waals surface area contributed by atoms with Gasteiger partial charge in [-0.2, -0.15) is 5.10 Å². The van der Waals surface area contributed by atoms with E-state index in [1.165, 1.54) is 0 Å². The number of hydrogen-bond acceptors (Lipinski definition) is 5. The van der Waals surface area contributed by atoms with E-state index < -0.39 is 0 Å². The van der Waals surface area contributed by atoms with Crippen molar-refractivity contribution in [2.45, 2.75) is 38.6 Å². The molecule has 0 radical (unpaired) electrons. The zero-order valence-electron chi connectivity index (χ0n) is 15.9. The standard InChI is InChI=1S/C21H25N3O3/c1-3-4-12-24-21(22-20(23-24)16-11-13-26-14-16)19-10-9-18(27-19)15-5-7-17(25-2)8-6-15/h5-10,16H,3-4,11-14H2,1-2H3/t16-/m1/s1. The van der Waals surface area contributed by atoms with E-state index in [4.69, 9.17) is 24.0 Å². The lowest BCUT2D eigenvalue weighted by Crippen LogP contribution is -2.04. The summed E-state index contributed by atoms with van der Waals surface area (Å²) in [7, 11) is 1.66. The molecule has 3 aromatic rings. The number of hydrogen-bond donors (Lipinski definition) is 0. The molecular weight excluding hydrogens is 342 g/mol. The van der Waals surface area contributed by atoms with Gasteiger partial charge in [0, 0.05) is 24.6 Å². The second-order valence-electron chi connectivity index (χ2n) is 6.82. The van der Waals surface area contributed by atoms with Gasteiger partial charge >= 0.3 is 0 Å². The first-order valence-electron chi connectivity index (χ1n) is 9.55. The van der Waals surface area contributed by atoms with E-state index in [1.807, 2.05) is 41.1 Å². The fourth-order valence-electron chi connectivity index (χ4n) is 3.29. The lowest BCUT2D eigenvalue weighted by molar-refractivity contribution is 0.193. The Morgan fingerprint density at radius 1 is 1.15 bits per heavy atom. The van der Waals surface area contributed by atoms with Gasteiger partial charge in [-0.15, -0.1) is 0 Å². The maximum atomic E-state index is 6.13. The Hall–Kier alpha value is -2.60. The molecule has 2 aromatic heterocycles. The van der Waals surface area contributed by atoms with Gasteiger partial charge < -0.3 is 13.9 Å². The van der Waals surface area contributed by atoms with Crippen molar-refractivity contribution in [2.24, 2.45) is 0 Å². The van der Waals surface area contributed by atoms with Gasteiger partial charge in [0.05, 0.1) is 13.7 Å². The fourth-order valence-corrected chi connectivity index (χ4v) is 3.29. The monoisotopic (exact) mass is 367 g/mol. The average molecular weight is 367 g/mol. The quantitative estimate of drug-likeness (QED) is 0.614. The Kier molecular flexibility index (Phi) is 5.25. The lowest BCUT2D eigenvalue weighted by Gasteiger charge is -2.03. The van der Waals surface area contributed by atoms with Crippen LogP contribution in [0.5, 0.6) is 5.75 Å². The molecule has 1 aliphatic heterocycles. The first-order valence-corrected chi connectivity index (χ1v) is 9.55. The highest BCUT2D eigenvalue weighted by molar-refractivity contribution is 5.62. The van der Waals surface area contributed by atoms with Gasteiger partial charge in [-0.1, -0.05) is 13.3 Å². The predicted molar refractivity (Wildman–Crippen MR) is 103 cm³/mol. The van der Waals surface area contributed by atoms with E-state index in [-0.39, 0.29) is 5.92 Å². The number of furan rings is 1. The number of rotatable bonds is 7. The lowest BCUT2D eigenvalue weighted by atomic mass is 10.1. The molecule has 1 fully saturated rings. The molecule has 1 atom stereocenters. The molecule has 0 N–H and O–H groups in total. The van der Waals surface area contributed by atoms with Gasteiger partial charge in [-0.3, -0.25) is 0 Å². The van der Waals surface area contributed by atoms with Crippen LogP contribution >= 0.6 is 0 Å². The van der Waals surface area contributed by atoms with E-state index in [0.717, 1.165) is 66.9 Å². The molecule has 0 bridgehead atoms. The van der Waals surface area contributed by atoms with Crippen molar-refractivity contribution in [1.29, 1.82) is 0 Å². The van der Waals surface area contributed by atoms with Crippen molar-refractivity contribution >= 4 is 0 Å². The molecule has 0 saturated carbocycles. The Labute approximate surface area is 159 Å². The third-order valence-electron chi connectivity index (χ3n) is 4.91. The first-order chi connectivity index (χ1) is 13.3. The molecule has 142 valence electrons. The van der Waals surface area contributed by atoms with Crippen molar-refractivity contribution in [1.82, 2.24) is 14.8 Å². The van der Waals surface area contributed by atoms with Crippen LogP contribution in [0.3, 0.4) is 0 Å². The molecule has 0 spiro atoms. The Morgan fingerprint density at radius 2 is 1.96 bits per heavy atom. The van der Waals surface area contributed by atoms with Gasteiger partial charge in [-0.25, -0.2) is 9.67 Å². The normalized spacial score (nSPS) is 16.7. The summed E-state index contributed by atoms with van der Waals surface area (Å²) in [5.41, 5.74) is 1.01. The minimum atomic E-state index is 0.280. The van der Waals surface area contributed by atoms with Crippen LogP contribution in [0.15, 0.2) is 40.8 Å². The molecule has 6 nitrogen and oxygen atoms in total. The number of ether oxygens (including phenoxy) is 2. The van der Waals surface area contributed by atoms with Crippen LogP contribution in [0.4, 0.5) is 0 Å². The largest absolute Gasteiger partial charge is 0.497 e. The summed E-state index contributed by atoms with van der Waals surface area (Å²) >= 11 is 0. The van der Waals surface area contributed by atoms with E-state index >= 15 is 0 Å². The van der Waals surface area contributed by atoms with Crippen LogP contribution in [0, 0.1) is 0 Å². The van der Waals surface area contributed by atoms with Crippen LogP contribution in [0.1, 0.15) is 37.9 Å². The summed E-state index contributed by atoms with van der Waals surface area (Å²) in [4.78, 5) is 4.81. The summed E-state index contributed by atoms with van der Waals surface area (Å²) in [5.74, 6) is 4.32. The van der Waals surface area contributed by atoms with Crippen LogP contribution in [0.2, 0.25) is 0 Å². The molecule has 27 heavy (non-hydrogen) atoms. The summed E-state index contributed by atoms with van der Waals surface area (Å²) in [6.07, 6.45) is 3.14. The van der Waals surface area contributed by atoms with Crippen LogP contribution in [0.25, 0.3) is 22.9 Å².